The van der Waals surface area contributed by atoms with Crippen LogP contribution in [0.3, 0.4) is 0 Å². The second kappa shape index (κ2) is 12.5. The van der Waals surface area contributed by atoms with Crippen LogP contribution in [0.2, 0.25) is 5.02 Å². The van der Waals surface area contributed by atoms with Crippen molar-refractivity contribution in [2.24, 2.45) is 0 Å². The van der Waals surface area contributed by atoms with Gasteiger partial charge in [0.2, 0.25) is 5.75 Å². The number of aromatic hydroxyl groups is 1. The zero-order chi connectivity index (χ0) is 30.7. The van der Waals surface area contributed by atoms with Crippen LogP contribution in [-0.2, 0) is 11.3 Å². The Balaban J connectivity index is 2.38. The van der Waals surface area contributed by atoms with E-state index in [-0.39, 0.29) is 55.8 Å². The number of carbonyl (C=O) groups excluding carboxylic acids is 2. The number of methoxy groups -OCH3 is 6. The quantitative estimate of drug-likeness (QED) is 0.181. The number of aliphatic hydroxyl groups excluding tert-OH is 1. The number of hydrogen-bond acceptors (Lipinski definition) is 10. The summed E-state index contributed by atoms with van der Waals surface area (Å²) in [5, 5.41) is 23.0. The van der Waals surface area contributed by atoms with Crippen molar-refractivity contribution in [3.8, 4) is 45.6 Å². The number of rotatable bonds is 10. The van der Waals surface area contributed by atoms with E-state index in [1.807, 2.05) is 0 Å². The molecule has 0 saturated carbocycles. The van der Waals surface area contributed by atoms with E-state index in [1.54, 1.807) is 18.2 Å². The Bertz CT molecular complexity index is 1680. The largest absolute Gasteiger partial charge is 0.506 e. The van der Waals surface area contributed by atoms with Crippen LogP contribution in [0.1, 0.15) is 31.8 Å². The maximum Gasteiger partial charge on any atom is 0.339 e. The van der Waals surface area contributed by atoms with Crippen LogP contribution >= 0.6 is 11.6 Å². The molecule has 10 nitrogen and oxygen atoms in total. The van der Waals surface area contributed by atoms with E-state index in [1.165, 1.54) is 59.8 Å². The molecule has 0 amide bonds. The van der Waals surface area contributed by atoms with Crippen LogP contribution in [0.15, 0.2) is 42.5 Å². The third-order valence-corrected chi connectivity index (χ3v) is 7.11. The lowest BCUT2D eigenvalue weighted by molar-refractivity contribution is 0.0598. The maximum absolute atomic E-state index is 14.1. The van der Waals surface area contributed by atoms with Crippen molar-refractivity contribution in [2.75, 3.05) is 42.7 Å². The minimum Gasteiger partial charge on any atom is -0.506 e. The second-order valence-corrected chi connectivity index (χ2v) is 9.29. The Morgan fingerprint density at radius 1 is 0.738 bits per heavy atom. The van der Waals surface area contributed by atoms with E-state index in [2.05, 4.69) is 0 Å². The summed E-state index contributed by atoms with van der Waals surface area (Å²) in [6.45, 7) is -0.634. The van der Waals surface area contributed by atoms with E-state index < -0.39 is 24.1 Å². The molecule has 2 N–H and O–H groups in total. The average Bonchev–Trinajstić information content (AvgIpc) is 3.02. The highest BCUT2D eigenvalue weighted by atomic mass is 35.5. The molecule has 4 aromatic carbocycles. The molecule has 0 fully saturated rings. The van der Waals surface area contributed by atoms with Gasteiger partial charge in [0.1, 0.15) is 5.75 Å². The number of halogens is 1. The van der Waals surface area contributed by atoms with Crippen molar-refractivity contribution in [1.29, 1.82) is 0 Å². The van der Waals surface area contributed by atoms with Crippen LogP contribution in [0, 0.1) is 0 Å². The van der Waals surface area contributed by atoms with E-state index in [9.17, 15) is 19.8 Å². The SMILES string of the molecule is COC(=O)c1c(C(=O)c2ccc(Cl)cc2)c(O)c2c(CO)c(OC)c(OC)c(OC)c2c1-c1ccc(OC)c(OC)c1. The van der Waals surface area contributed by atoms with Crippen LogP contribution in [0.25, 0.3) is 21.9 Å². The van der Waals surface area contributed by atoms with Gasteiger partial charge in [0.05, 0.1) is 60.4 Å². The molecule has 0 spiro atoms. The molecule has 11 heteroatoms. The van der Waals surface area contributed by atoms with Gasteiger partial charge in [-0.3, -0.25) is 4.79 Å². The molecule has 42 heavy (non-hydrogen) atoms. The Labute approximate surface area is 246 Å². The Kier molecular flexibility index (Phi) is 8.99. The highest BCUT2D eigenvalue weighted by Crippen LogP contribution is 2.55. The number of ketones is 1. The number of esters is 1. The van der Waals surface area contributed by atoms with E-state index in [4.69, 9.17) is 40.0 Å². The van der Waals surface area contributed by atoms with Crippen LogP contribution in [0.5, 0.6) is 34.5 Å². The normalized spacial score (nSPS) is 10.8. The Hall–Kier alpha value is -4.67. The molecular formula is C31H29ClO10. The molecule has 0 radical (unpaired) electrons. The third-order valence-electron chi connectivity index (χ3n) is 6.85. The first-order valence-electron chi connectivity index (χ1n) is 12.5. The van der Waals surface area contributed by atoms with E-state index in [0.29, 0.717) is 22.1 Å². The van der Waals surface area contributed by atoms with Gasteiger partial charge in [0, 0.05) is 32.5 Å². The predicted molar refractivity (Wildman–Crippen MR) is 156 cm³/mol. The summed E-state index contributed by atoms with van der Waals surface area (Å²) in [6, 6.07) is 10.8. The predicted octanol–water partition coefficient (Wildman–Crippen LogP) is 5.42. The van der Waals surface area contributed by atoms with Crippen LogP contribution in [-0.4, -0.2) is 64.6 Å². The minimum atomic E-state index is -0.920. The van der Waals surface area contributed by atoms with Crippen molar-refractivity contribution in [3.63, 3.8) is 0 Å². The van der Waals surface area contributed by atoms with Crippen molar-refractivity contribution in [2.45, 2.75) is 6.61 Å². The Morgan fingerprint density at radius 3 is 1.88 bits per heavy atom. The molecule has 0 atom stereocenters. The highest BCUT2D eigenvalue weighted by Gasteiger charge is 2.35. The van der Waals surface area contributed by atoms with Gasteiger partial charge in [-0.05, 0) is 42.0 Å². The zero-order valence-electron chi connectivity index (χ0n) is 23.8. The molecule has 220 valence electrons. The summed E-state index contributed by atoms with van der Waals surface area (Å²) >= 11 is 6.05. The molecule has 4 aromatic rings. The second-order valence-electron chi connectivity index (χ2n) is 8.86. The number of aliphatic hydroxyl groups is 1. The molecule has 0 aliphatic rings. The van der Waals surface area contributed by atoms with Crippen LogP contribution < -0.4 is 23.7 Å². The van der Waals surface area contributed by atoms with Gasteiger partial charge in [0.25, 0.3) is 0 Å². The van der Waals surface area contributed by atoms with Gasteiger partial charge >= 0.3 is 5.97 Å². The number of fused-ring (bicyclic) bond motifs is 1. The molecule has 0 saturated heterocycles. The number of hydrogen-bond donors (Lipinski definition) is 2. The highest BCUT2D eigenvalue weighted by molar-refractivity contribution is 6.31. The number of carbonyl (C=O) groups is 2. The zero-order valence-corrected chi connectivity index (χ0v) is 24.5. The monoisotopic (exact) mass is 596 g/mol. The fraction of sp³-hybridized carbons (Fsp3) is 0.226. The van der Waals surface area contributed by atoms with Gasteiger partial charge in [-0.1, -0.05) is 17.7 Å². The van der Waals surface area contributed by atoms with Crippen molar-refractivity contribution in [1.82, 2.24) is 0 Å². The molecule has 0 aromatic heterocycles. The van der Waals surface area contributed by atoms with Gasteiger partial charge < -0.3 is 38.6 Å². The fourth-order valence-electron chi connectivity index (χ4n) is 5.03. The van der Waals surface area contributed by atoms with Gasteiger partial charge in [-0.15, -0.1) is 0 Å². The maximum atomic E-state index is 14.1. The molecule has 0 bridgehead atoms. The van der Waals surface area contributed by atoms with Gasteiger partial charge in [0.15, 0.2) is 28.8 Å². The summed E-state index contributed by atoms with van der Waals surface area (Å²) < 4.78 is 33.0. The topological polar surface area (TPSA) is 130 Å². The van der Waals surface area contributed by atoms with Crippen LogP contribution in [0.4, 0.5) is 0 Å². The first-order chi connectivity index (χ1) is 20.2. The first-order valence-corrected chi connectivity index (χ1v) is 12.9. The first kappa shape index (κ1) is 30.3. The van der Waals surface area contributed by atoms with Crippen molar-refractivity contribution >= 4 is 34.1 Å². The minimum absolute atomic E-state index is 0.00162. The van der Waals surface area contributed by atoms with Gasteiger partial charge in [-0.25, -0.2) is 4.79 Å². The van der Waals surface area contributed by atoms with Crippen molar-refractivity contribution < 1.29 is 48.2 Å². The number of ether oxygens (including phenoxy) is 6. The summed E-state index contributed by atoms with van der Waals surface area (Å²) in [5.41, 5.74) is 0.106. The average molecular weight is 597 g/mol. The number of phenols is 1. The standard InChI is InChI=1S/C31H29ClO10/c1-37-19-12-9-16(13-20(19)38-2)21-23-22(18(14-33)28(39-3)30(41-5)29(23)40-4)27(35)25(24(21)31(36)42-6)26(34)15-7-10-17(32)11-8-15/h7-13,33,35H,14H2,1-6H3. The summed E-state index contributed by atoms with van der Waals surface area (Å²) in [5.74, 6) is -1.28. The lowest BCUT2D eigenvalue weighted by Crippen LogP contribution is -2.15. The smallest absolute Gasteiger partial charge is 0.339 e. The summed E-state index contributed by atoms with van der Waals surface area (Å²) in [7, 11) is 8.19. The lowest BCUT2D eigenvalue weighted by atomic mass is 9.83. The molecule has 4 rings (SSSR count). The summed E-state index contributed by atoms with van der Waals surface area (Å²) in [4.78, 5) is 27.7. The molecule has 0 heterocycles. The molecule has 0 aliphatic heterocycles. The third kappa shape index (κ3) is 4.88. The number of benzene rings is 4. The lowest BCUT2D eigenvalue weighted by Gasteiger charge is -2.25. The van der Waals surface area contributed by atoms with Gasteiger partial charge in [-0.2, -0.15) is 0 Å². The molecule has 0 unspecified atom stereocenters. The van der Waals surface area contributed by atoms with E-state index in [0.717, 1.165) is 7.11 Å². The number of phenolic OH excluding ortho intramolecular Hbond substituents is 1. The molecular weight excluding hydrogens is 568 g/mol. The molecule has 0 aliphatic carbocycles. The fourth-order valence-corrected chi connectivity index (χ4v) is 5.15. The Morgan fingerprint density at radius 2 is 1.36 bits per heavy atom. The summed E-state index contributed by atoms with van der Waals surface area (Å²) in [6.07, 6.45) is 0. The van der Waals surface area contributed by atoms with E-state index >= 15 is 0 Å². The van der Waals surface area contributed by atoms with Crippen molar-refractivity contribution in [3.05, 3.63) is 69.7 Å².